The summed E-state index contributed by atoms with van der Waals surface area (Å²) in [5, 5.41) is 18.0. The predicted octanol–water partition coefficient (Wildman–Crippen LogP) is 5.30. The highest BCUT2D eigenvalue weighted by Gasteiger charge is 2.28. The zero-order valence-corrected chi connectivity index (χ0v) is 20.1. The number of benzene rings is 2. The van der Waals surface area contributed by atoms with Gasteiger partial charge in [-0.1, -0.05) is 6.07 Å². The molecule has 6 nitrogen and oxygen atoms in total. The van der Waals surface area contributed by atoms with Crippen LogP contribution in [0.5, 0.6) is 5.75 Å². The Kier molecular flexibility index (Phi) is 6.36. The van der Waals surface area contributed by atoms with Gasteiger partial charge in [0.15, 0.2) is 0 Å². The molecule has 2 aromatic carbocycles. The summed E-state index contributed by atoms with van der Waals surface area (Å²) in [5.41, 5.74) is 4.10. The Bertz CT molecular complexity index is 1150. The minimum Gasteiger partial charge on any atom is -0.493 e. The molecule has 6 heteroatoms. The van der Waals surface area contributed by atoms with Gasteiger partial charge in [0.1, 0.15) is 5.75 Å². The van der Waals surface area contributed by atoms with Crippen molar-refractivity contribution >= 4 is 22.5 Å². The van der Waals surface area contributed by atoms with E-state index in [1.807, 2.05) is 50.2 Å². The van der Waals surface area contributed by atoms with E-state index in [1.54, 1.807) is 0 Å². The molecular formula is C28H35N3O3. The van der Waals surface area contributed by atoms with Crippen LogP contribution in [0.4, 0.5) is 5.69 Å². The minimum atomic E-state index is -0.511. The third kappa shape index (κ3) is 5.45. The third-order valence-electron chi connectivity index (χ3n) is 7.30. The van der Waals surface area contributed by atoms with Crippen molar-refractivity contribution in [1.29, 1.82) is 0 Å². The number of H-pyrrole nitrogens is 1. The highest BCUT2D eigenvalue weighted by molar-refractivity contribution is 6.06. The fourth-order valence-corrected chi connectivity index (χ4v) is 4.73. The van der Waals surface area contributed by atoms with Crippen LogP contribution in [-0.2, 0) is 6.54 Å². The zero-order valence-electron chi connectivity index (χ0n) is 20.1. The lowest BCUT2D eigenvalue weighted by Crippen LogP contribution is -2.39. The normalized spacial score (nSPS) is 22.6. The van der Waals surface area contributed by atoms with Crippen LogP contribution >= 0.6 is 0 Å². The van der Waals surface area contributed by atoms with E-state index in [1.165, 1.54) is 12.8 Å². The van der Waals surface area contributed by atoms with Crippen molar-refractivity contribution in [2.75, 3.05) is 11.9 Å². The molecule has 0 unspecified atom stereocenters. The Morgan fingerprint density at radius 3 is 2.56 bits per heavy atom. The fourth-order valence-electron chi connectivity index (χ4n) is 4.73. The minimum absolute atomic E-state index is 0.127. The first-order valence-corrected chi connectivity index (χ1v) is 12.5. The molecule has 3 aromatic rings. The molecule has 4 N–H and O–H groups in total. The third-order valence-corrected chi connectivity index (χ3v) is 7.30. The number of amides is 1. The van der Waals surface area contributed by atoms with E-state index < -0.39 is 5.60 Å². The Morgan fingerprint density at radius 1 is 1.12 bits per heavy atom. The Morgan fingerprint density at radius 2 is 1.85 bits per heavy atom. The smallest absolute Gasteiger partial charge is 0.255 e. The molecule has 1 aromatic heterocycles. The Labute approximate surface area is 201 Å². The first-order chi connectivity index (χ1) is 16.4. The lowest BCUT2D eigenvalue weighted by atomic mass is 9.84. The standard InChI is InChI=1S/C28H35N3O3/c1-18-25(31-27(32)20-5-8-24(9-6-20)34-17-19-3-4-19)10-7-21-15-23(30-26(18)21)16-29-22-11-13-28(2,33)14-12-22/h5-10,15,19,22,29-30,33H,3-4,11-14,16-17H2,1-2H3,(H,31,32)/t22-,28-. The molecule has 1 heterocycles. The average Bonchev–Trinajstić information content (AvgIpc) is 3.56. The summed E-state index contributed by atoms with van der Waals surface area (Å²) in [5.74, 6) is 1.39. The largest absolute Gasteiger partial charge is 0.493 e. The topological polar surface area (TPSA) is 86.4 Å². The summed E-state index contributed by atoms with van der Waals surface area (Å²) in [6.45, 7) is 5.49. The number of aryl methyl sites for hydroxylation is 1. The molecule has 34 heavy (non-hydrogen) atoms. The summed E-state index contributed by atoms with van der Waals surface area (Å²) in [6.07, 6.45) is 6.19. The van der Waals surface area contributed by atoms with E-state index in [-0.39, 0.29) is 5.91 Å². The van der Waals surface area contributed by atoms with Gasteiger partial charge in [-0.3, -0.25) is 4.79 Å². The maximum absolute atomic E-state index is 12.8. The fraction of sp³-hybridized carbons (Fsp3) is 0.464. The Balaban J connectivity index is 1.20. The van der Waals surface area contributed by atoms with E-state index in [0.717, 1.165) is 72.4 Å². The van der Waals surface area contributed by atoms with Crippen LogP contribution in [0.1, 0.15) is 67.1 Å². The van der Waals surface area contributed by atoms with Crippen LogP contribution in [-0.4, -0.2) is 34.2 Å². The quantitative estimate of drug-likeness (QED) is 0.367. The van der Waals surface area contributed by atoms with E-state index >= 15 is 0 Å². The lowest BCUT2D eigenvalue weighted by molar-refractivity contribution is 0.0140. The number of ether oxygens (including phenoxy) is 1. The van der Waals surface area contributed by atoms with Gasteiger partial charge in [0.25, 0.3) is 5.91 Å². The number of aromatic amines is 1. The van der Waals surface area contributed by atoms with Crippen molar-refractivity contribution in [2.45, 2.75) is 70.6 Å². The van der Waals surface area contributed by atoms with Gasteiger partial charge >= 0.3 is 0 Å². The van der Waals surface area contributed by atoms with Crippen LogP contribution in [0, 0.1) is 12.8 Å². The number of anilines is 1. The SMILES string of the molecule is Cc1c(NC(=O)c2ccc(OCC3CC3)cc2)ccc2cc(CN[C@H]3CC[C@](C)(O)CC3)[nH]c12. The second kappa shape index (κ2) is 9.43. The van der Waals surface area contributed by atoms with E-state index in [2.05, 4.69) is 21.7 Å². The average molecular weight is 462 g/mol. The lowest BCUT2D eigenvalue weighted by Gasteiger charge is -2.33. The number of rotatable bonds is 8. The van der Waals surface area contributed by atoms with Crippen LogP contribution in [0.3, 0.4) is 0 Å². The summed E-state index contributed by atoms with van der Waals surface area (Å²) in [6, 6.07) is 14.0. The van der Waals surface area contributed by atoms with Crippen molar-refractivity contribution in [2.24, 2.45) is 5.92 Å². The number of carbonyl (C=O) groups excluding carboxylic acids is 1. The van der Waals surface area contributed by atoms with Gasteiger partial charge in [-0.2, -0.15) is 0 Å². The van der Waals surface area contributed by atoms with Crippen molar-refractivity contribution in [1.82, 2.24) is 10.3 Å². The van der Waals surface area contributed by atoms with Gasteiger partial charge in [-0.05, 0) is 100 Å². The summed E-state index contributed by atoms with van der Waals surface area (Å²) < 4.78 is 5.77. The molecular weight excluding hydrogens is 426 g/mol. The molecule has 0 radical (unpaired) electrons. The van der Waals surface area contributed by atoms with Crippen LogP contribution < -0.4 is 15.4 Å². The van der Waals surface area contributed by atoms with Gasteiger partial charge < -0.3 is 25.5 Å². The van der Waals surface area contributed by atoms with Crippen molar-refractivity contribution < 1.29 is 14.6 Å². The van der Waals surface area contributed by atoms with Gasteiger partial charge in [-0.25, -0.2) is 0 Å². The molecule has 1 amide bonds. The van der Waals surface area contributed by atoms with Crippen LogP contribution in [0.15, 0.2) is 42.5 Å². The number of aromatic nitrogens is 1. The first-order valence-electron chi connectivity index (χ1n) is 12.5. The second-order valence-electron chi connectivity index (χ2n) is 10.4. The molecule has 0 atom stereocenters. The van der Waals surface area contributed by atoms with Gasteiger partial charge in [-0.15, -0.1) is 0 Å². The van der Waals surface area contributed by atoms with Crippen molar-refractivity contribution in [3.8, 4) is 5.75 Å². The van der Waals surface area contributed by atoms with Gasteiger partial charge in [0, 0.05) is 34.9 Å². The van der Waals surface area contributed by atoms with Crippen molar-refractivity contribution in [3.05, 3.63) is 59.3 Å². The van der Waals surface area contributed by atoms with Gasteiger partial charge in [0.05, 0.1) is 17.7 Å². The van der Waals surface area contributed by atoms with Gasteiger partial charge in [0.2, 0.25) is 0 Å². The molecule has 0 bridgehead atoms. The van der Waals surface area contributed by atoms with Crippen molar-refractivity contribution in [3.63, 3.8) is 0 Å². The highest BCUT2D eigenvalue weighted by Crippen LogP contribution is 2.30. The summed E-state index contributed by atoms with van der Waals surface area (Å²) >= 11 is 0. The number of aliphatic hydroxyl groups is 1. The molecule has 2 aliphatic rings. The number of hydrogen-bond donors (Lipinski definition) is 4. The second-order valence-corrected chi connectivity index (χ2v) is 10.4. The molecule has 2 saturated carbocycles. The summed E-state index contributed by atoms with van der Waals surface area (Å²) in [7, 11) is 0. The maximum Gasteiger partial charge on any atom is 0.255 e. The number of carbonyl (C=O) groups is 1. The summed E-state index contributed by atoms with van der Waals surface area (Å²) in [4.78, 5) is 16.4. The molecule has 180 valence electrons. The predicted molar refractivity (Wildman–Crippen MR) is 135 cm³/mol. The molecule has 0 saturated heterocycles. The molecule has 0 aliphatic heterocycles. The molecule has 2 fully saturated rings. The highest BCUT2D eigenvalue weighted by atomic mass is 16.5. The zero-order chi connectivity index (χ0) is 23.7. The Hall–Kier alpha value is -2.83. The maximum atomic E-state index is 12.8. The number of fused-ring (bicyclic) bond motifs is 1. The van der Waals surface area contributed by atoms with E-state index in [4.69, 9.17) is 4.74 Å². The van der Waals surface area contributed by atoms with Crippen LogP contribution in [0.2, 0.25) is 0 Å². The first kappa shape index (κ1) is 22.9. The van der Waals surface area contributed by atoms with Crippen LogP contribution in [0.25, 0.3) is 10.9 Å². The monoisotopic (exact) mass is 461 g/mol. The number of hydrogen-bond acceptors (Lipinski definition) is 4. The van der Waals surface area contributed by atoms with E-state index in [0.29, 0.717) is 17.5 Å². The van der Waals surface area contributed by atoms with E-state index in [9.17, 15) is 9.90 Å². The molecule has 5 rings (SSSR count). The number of nitrogens with one attached hydrogen (secondary N) is 3. The molecule has 0 spiro atoms. The molecule has 2 aliphatic carbocycles.